The topological polar surface area (TPSA) is 71.5 Å². The molecular weight excluding hydrogens is 244 g/mol. The van der Waals surface area contributed by atoms with Crippen LogP contribution in [0.5, 0.6) is 11.5 Å². The van der Waals surface area contributed by atoms with E-state index in [1.165, 1.54) is 6.20 Å². The van der Waals surface area contributed by atoms with E-state index in [9.17, 15) is 4.79 Å². The van der Waals surface area contributed by atoms with Crippen molar-refractivity contribution in [3.05, 3.63) is 54.4 Å². The zero-order valence-electron chi connectivity index (χ0n) is 10.2. The van der Waals surface area contributed by atoms with E-state index in [-0.39, 0.29) is 24.8 Å². The SMILES string of the molecule is O=C(NCCO)c1cc(Oc2ccccc2)ccn1. The van der Waals surface area contributed by atoms with Crippen molar-refractivity contribution in [2.45, 2.75) is 0 Å². The maximum absolute atomic E-state index is 11.7. The third kappa shape index (κ3) is 3.79. The minimum atomic E-state index is -0.340. The van der Waals surface area contributed by atoms with Crippen LogP contribution in [0.2, 0.25) is 0 Å². The summed E-state index contributed by atoms with van der Waals surface area (Å²) in [5.74, 6) is 0.887. The van der Waals surface area contributed by atoms with Gasteiger partial charge in [0.25, 0.3) is 5.91 Å². The number of benzene rings is 1. The van der Waals surface area contributed by atoms with Crippen LogP contribution < -0.4 is 10.1 Å². The van der Waals surface area contributed by atoms with E-state index in [1.807, 2.05) is 30.3 Å². The summed E-state index contributed by atoms with van der Waals surface area (Å²) in [6, 6.07) is 12.5. The second kappa shape index (κ2) is 6.51. The number of aliphatic hydroxyl groups is 1. The van der Waals surface area contributed by atoms with Crippen LogP contribution in [0, 0.1) is 0 Å². The molecule has 1 aromatic heterocycles. The second-order valence-corrected chi connectivity index (χ2v) is 3.77. The number of carbonyl (C=O) groups is 1. The molecule has 2 N–H and O–H groups in total. The molecule has 0 saturated heterocycles. The Morgan fingerprint density at radius 1 is 1.21 bits per heavy atom. The van der Waals surface area contributed by atoms with E-state index in [2.05, 4.69) is 10.3 Å². The average molecular weight is 258 g/mol. The number of rotatable bonds is 5. The number of nitrogens with one attached hydrogen (secondary N) is 1. The fraction of sp³-hybridized carbons (Fsp3) is 0.143. The van der Waals surface area contributed by atoms with E-state index in [0.717, 1.165) is 0 Å². The van der Waals surface area contributed by atoms with E-state index in [4.69, 9.17) is 9.84 Å². The van der Waals surface area contributed by atoms with Gasteiger partial charge in [0.05, 0.1) is 6.61 Å². The lowest BCUT2D eigenvalue weighted by atomic mass is 10.3. The summed E-state index contributed by atoms with van der Waals surface area (Å²) >= 11 is 0. The number of hydrogen-bond donors (Lipinski definition) is 2. The van der Waals surface area contributed by atoms with Crippen molar-refractivity contribution in [2.24, 2.45) is 0 Å². The molecule has 5 heteroatoms. The van der Waals surface area contributed by atoms with Gasteiger partial charge in [-0.15, -0.1) is 0 Å². The normalized spacial score (nSPS) is 9.95. The number of aliphatic hydroxyl groups excluding tert-OH is 1. The van der Waals surface area contributed by atoms with Crippen LogP contribution in [0.1, 0.15) is 10.5 Å². The number of ether oxygens (including phenoxy) is 1. The van der Waals surface area contributed by atoms with E-state index in [1.54, 1.807) is 12.1 Å². The molecule has 19 heavy (non-hydrogen) atoms. The Morgan fingerprint density at radius 3 is 2.74 bits per heavy atom. The summed E-state index contributed by atoms with van der Waals surface area (Å²) in [6.07, 6.45) is 1.51. The monoisotopic (exact) mass is 258 g/mol. The summed E-state index contributed by atoms with van der Waals surface area (Å²) in [6.45, 7) is 0.0935. The Kier molecular flexibility index (Phi) is 4.47. The third-order valence-corrected chi connectivity index (χ3v) is 2.34. The molecule has 1 aromatic carbocycles. The van der Waals surface area contributed by atoms with Crippen molar-refractivity contribution in [3.63, 3.8) is 0 Å². The maximum Gasteiger partial charge on any atom is 0.270 e. The number of hydrogen-bond acceptors (Lipinski definition) is 4. The van der Waals surface area contributed by atoms with Gasteiger partial charge in [-0.1, -0.05) is 18.2 Å². The highest BCUT2D eigenvalue weighted by molar-refractivity contribution is 5.92. The lowest BCUT2D eigenvalue weighted by Gasteiger charge is -2.07. The molecular formula is C14H14N2O3. The van der Waals surface area contributed by atoms with Crippen LogP contribution in [0.4, 0.5) is 0 Å². The molecule has 0 saturated carbocycles. The molecule has 98 valence electrons. The first-order valence-electron chi connectivity index (χ1n) is 5.87. The summed E-state index contributed by atoms with van der Waals surface area (Å²) in [5.41, 5.74) is 0.252. The number of para-hydroxylation sites is 1. The smallest absolute Gasteiger partial charge is 0.270 e. The lowest BCUT2D eigenvalue weighted by molar-refractivity contribution is 0.0939. The van der Waals surface area contributed by atoms with Gasteiger partial charge in [-0.25, -0.2) is 0 Å². The molecule has 0 unspecified atom stereocenters. The van der Waals surface area contributed by atoms with Crippen LogP contribution in [0.15, 0.2) is 48.7 Å². The molecule has 0 aliphatic carbocycles. The quantitative estimate of drug-likeness (QED) is 0.854. The first-order valence-corrected chi connectivity index (χ1v) is 5.87. The highest BCUT2D eigenvalue weighted by atomic mass is 16.5. The molecule has 2 rings (SSSR count). The summed E-state index contributed by atoms with van der Waals surface area (Å²) in [5, 5.41) is 11.2. The van der Waals surface area contributed by atoms with Gasteiger partial charge in [0, 0.05) is 18.8 Å². The third-order valence-electron chi connectivity index (χ3n) is 2.34. The van der Waals surface area contributed by atoms with Gasteiger partial charge in [-0.05, 0) is 18.2 Å². The Bertz CT molecular complexity index is 543. The Labute approximate surface area is 110 Å². The Balaban J connectivity index is 2.09. The predicted octanol–water partition coefficient (Wildman–Crippen LogP) is 1.60. The van der Waals surface area contributed by atoms with Crippen molar-refractivity contribution in [1.82, 2.24) is 10.3 Å². The number of aromatic nitrogens is 1. The van der Waals surface area contributed by atoms with Gasteiger partial charge in [-0.3, -0.25) is 9.78 Å². The molecule has 0 radical (unpaired) electrons. The number of nitrogens with zero attached hydrogens (tertiary/aromatic N) is 1. The van der Waals surface area contributed by atoms with Crippen molar-refractivity contribution >= 4 is 5.91 Å². The van der Waals surface area contributed by atoms with Gasteiger partial charge >= 0.3 is 0 Å². The van der Waals surface area contributed by atoms with Crippen molar-refractivity contribution in [3.8, 4) is 11.5 Å². The van der Waals surface area contributed by atoms with E-state index >= 15 is 0 Å². The minimum Gasteiger partial charge on any atom is -0.457 e. The van der Waals surface area contributed by atoms with Crippen molar-refractivity contribution in [2.75, 3.05) is 13.2 Å². The van der Waals surface area contributed by atoms with Crippen LogP contribution in [-0.2, 0) is 0 Å². The maximum atomic E-state index is 11.7. The Hall–Kier alpha value is -2.40. The zero-order valence-corrected chi connectivity index (χ0v) is 10.2. The molecule has 1 heterocycles. The summed E-state index contributed by atoms with van der Waals surface area (Å²) in [4.78, 5) is 15.6. The molecule has 1 amide bonds. The first kappa shape index (κ1) is 13.0. The molecule has 5 nitrogen and oxygen atoms in total. The van der Waals surface area contributed by atoms with Gasteiger partial charge in [-0.2, -0.15) is 0 Å². The standard InChI is InChI=1S/C14H14N2O3/c17-9-8-16-14(18)13-10-12(6-7-15-13)19-11-4-2-1-3-5-11/h1-7,10,17H,8-9H2,(H,16,18). The van der Waals surface area contributed by atoms with Gasteiger partial charge < -0.3 is 15.2 Å². The molecule has 0 aliphatic heterocycles. The van der Waals surface area contributed by atoms with E-state index < -0.39 is 0 Å². The van der Waals surface area contributed by atoms with Crippen LogP contribution in [0.25, 0.3) is 0 Å². The first-order chi connectivity index (χ1) is 9.29. The molecule has 0 fully saturated rings. The van der Waals surface area contributed by atoms with Gasteiger partial charge in [0.15, 0.2) is 0 Å². The van der Waals surface area contributed by atoms with Crippen LogP contribution in [0.3, 0.4) is 0 Å². The zero-order chi connectivity index (χ0) is 13.5. The molecule has 0 spiro atoms. The van der Waals surface area contributed by atoms with Crippen LogP contribution >= 0.6 is 0 Å². The fourth-order valence-corrected chi connectivity index (χ4v) is 1.48. The number of carbonyl (C=O) groups excluding carboxylic acids is 1. The van der Waals surface area contributed by atoms with Gasteiger partial charge in [0.1, 0.15) is 17.2 Å². The number of pyridine rings is 1. The fourth-order valence-electron chi connectivity index (χ4n) is 1.48. The molecule has 0 aliphatic rings. The highest BCUT2D eigenvalue weighted by Crippen LogP contribution is 2.20. The summed E-state index contributed by atoms with van der Waals surface area (Å²) < 4.78 is 5.60. The van der Waals surface area contributed by atoms with E-state index in [0.29, 0.717) is 11.5 Å². The van der Waals surface area contributed by atoms with Gasteiger partial charge in [0.2, 0.25) is 0 Å². The highest BCUT2D eigenvalue weighted by Gasteiger charge is 2.07. The average Bonchev–Trinajstić information content (AvgIpc) is 2.46. The summed E-state index contributed by atoms with van der Waals surface area (Å²) in [7, 11) is 0. The minimum absolute atomic E-state index is 0.105. The lowest BCUT2D eigenvalue weighted by Crippen LogP contribution is -2.27. The largest absolute Gasteiger partial charge is 0.457 e. The molecule has 0 bridgehead atoms. The predicted molar refractivity (Wildman–Crippen MR) is 70.2 cm³/mol. The second-order valence-electron chi connectivity index (χ2n) is 3.77. The Morgan fingerprint density at radius 2 is 2.00 bits per heavy atom. The van der Waals surface area contributed by atoms with Crippen molar-refractivity contribution in [1.29, 1.82) is 0 Å². The number of amides is 1. The molecule has 2 aromatic rings. The van der Waals surface area contributed by atoms with Crippen molar-refractivity contribution < 1.29 is 14.6 Å². The van der Waals surface area contributed by atoms with Crippen LogP contribution in [-0.4, -0.2) is 29.1 Å². The molecule has 0 atom stereocenters.